The Labute approximate surface area is 130 Å². The first-order valence-corrected chi connectivity index (χ1v) is 8.35. The second-order valence-corrected chi connectivity index (χ2v) is 7.77. The summed E-state index contributed by atoms with van der Waals surface area (Å²) in [4.78, 5) is 9.65. The lowest BCUT2D eigenvalue weighted by Gasteiger charge is -2.21. The fraction of sp³-hybridized carbons (Fsp3) is 0.778. The van der Waals surface area contributed by atoms with Crippen molar-refractivity contribution in [3.8, 4) is 0 Å². The average Bonchev–Trinajstić information content (AvgIpc) is 2.78. The van der Waals surface area contributed by atoms with Crippen LogP contribution in [0.2, 0.25) is 0 Å². The number of aryl methyl sites for hydroxylation is 2. The van der Waals surface area contributed by atoms with Crippen molar-refractivity contribution in [2.75, 3.05) is 6.54 Å². The third-order valence-electron chi connectivity index (χ3n) is 4.53. The Morgan fingerprint density at radius 1 is 1.10 bits per heavy atom. The maximum atomic E-state index is 4.83. The van der Waals surface area contributed by atoms with Gasteiger partial charge in [0.1, 0.15) is 5.82 Å². The van der Waals surface area contributed by atoms with Crippen LogP contribution in [0.3, 0.4) is 0 Å². The zero-order chi connectivity index (χ0) is 15.6. The minimum Gasteiger partial charge on any atom is -0.312 e. The summed E-state index contributed by atoms with van der Waals surface area (Å²) in [7, 11) is 0. The molecule has 0 radical (unpaired) electrons. The second-order valence-electron chi connectivity index (χ2n) is 7.77. The van der Waals surface area contributed by atoms with Crippen molar-refractivity contribution >= 4 is 0 Å². The Bertz CT molecular complexity index is 465. The van der Waals surface area contributed by atoms with Crippen LogP contribution in [0.1, 0.15) is 75.7 Å². The second kappa shape index (κ2) is 6.43. The van der Waals surface area contributed by atoms with Gasteiger partial charge in [-0.15, -0.1) is 0 Å². The highest BCUT2D eigenvalue weighted by Gasteiger charge is 2.25. The molecule has 1 aromatic heterocycles. The third kappa shape index (κ3) is 4.50. The molecule has 2 unspecified atom stereocenters. The van der Waals surface area contributed by atoms with Crippen molar-refractivity contribution in [1.82, 2.24) is 15.3 Å². The highest BCUT2D eigenvalue weighted by molar-refractivity contribution is 5.25. The minimum atomic E-state index is 0.169. The van der Waals surface area contributed by atoms with Crippen LogP contribution in [0.25, 0.3) is 0 Å². The first-order valence-electron chi connectivity index (χ1n) is 8.35. The lowest BCUT2D eigenvalue weighted by Crippen LogP contribution is -2.37. The van der Waals surface area contributed by atoms with Gasteiger partial charge in [-0.25, -0.2) is 9.97 Å². The molecule has 1 N–H and O–H groups in total. The van der Waals surface area contributed by atoms with Crippen LogP contribution in [-0.2, 0) is 6.42 Å². The van der Waals surface area contributed by atoms with Crippen LogP contribution in [0.4, 0.5) is 0 Å². The maximum Gasteiger partial charge on any atom is 0.131 e. The smallest absolute Gasteiger partial charge is 0.131 e. The Morgan fingerprint density at radius 3 is 2.19 bits per heavy atom. The molecule has 2 rings (SSSR count). The summed E-state index contributed by atoms with van der Waals surface area (Å²) < 4.78 is 0. The van der Waals surface area contributed by atoms with E-state index in [2.05, 4.69) is 46.9 Å². The van der Waals surface area contributed by atoms with Gasteiger partial charge in [-0.1, -0.05) is 6.92 Å². The van der Waals surface area contributed by atoms with E-state index in [9.17, 15) is 0 Å². The van der Waals surface area contributed by atoms with Crippen molar-refractivity contribution in [2.24, 2.45) is 5.92 Å². The van der Waals surface area contributed by atoms with Gasteiger partial charge in [0.15, 0.2) is 0 Å². The van der Waals surface area contributed by atoms with Gasteiger partial charge >= 0.3 is 0 Å². The van der Waals surface area contributed by atoms with Crippen LogP contribution >= 0.6 is 0 Å². The fourth-order valence-electron chi connectivity index (χ4n) is 3.31. The molecule has 0 bridgehead atoms. The van der Waals surface area contributed by atoms with Crippen molar-refractivity contribution in [1.29, 1.82) is 0 Å². The molecule has 1 aliphatic rings. The third-order valence-corrected chi connectivity index (χ3v) is 4.53. The monoisotopic (exact) mass is 289 g/mol. The van der Waals surface area contributed by atoms with Crippen molar-refractivity contribution in [3.05, 3.63) is 22.8 Å². The molecular formula is C18H31N3. The fourth-order valence-corrected chi connectivity index (χ4v) is 3.31. The molecule has 2 atom stereocenters. The molecule has 21 heavy (non-hydrogen) atoms. The standard InChI is InChI=1S/C18H31N3/c1-12-7-8-15(11-12)17-20-13(2)16(14(3)21-17)9-10-19-18(4,5)6/h12,15,19H,7-11H2,1-6H3. The highest BCUT2D eigenvalue weighted by atomic mass is 14.9. The number of hydrogen-bond donors (Lipinski definition) is 1. The van der Waals surface area contributed by atoms with E-state index < -0.39 is 0 Å². The SMILES string of the molecule is Cc1nc(C2CCC(C)C2)nc(C)c1CCNC(C)(C)C. The van der Waals surface area contributed by atoms with E-state index in [4.69, 9.17) is 9.97 Å². The molecule has 1 fully saturated rings. The number of nitrogens with one attached hydrogen (secondary N) is 1. The molecule has 1 heterocycles. The summed E-state index contributed by atoms with van der Waals surface area (Å²) in [5.74, 6) is 2.50. The molecule has 0 saturated heterocycles. The van der Waals surface area contributed by atoms with E-state index in [-0.39, 0.29) is 5.54 Å². The van der Waals surface area contributed by atoms with Gasteiger partial charge in [0.2, 0.25) is 0 Å². The summed E-state index contributed by atoms with van der Waals surface area (Å²) in [6.07, 6.45) is 4.84. The van der Waals surface area contributed by atoms with E-state index in [0.717, 1.165) is 24.7 Å². The molecule has 3 nitrogen and oxygen atoms in total. The van der Waals surface area contributed by atoms with Crippen molar-refractivity contribution in [2.45, 2.75) is 78.7 Å². The van der Waals surface area contributed by atoms with Crippen LogP contribution in [0.15, 0.2) is 0 Å². The predicted octanol–water partition coefficient (Wildman–Crippen LogP) is 3.93. The summed E-state index contributed by atoms with van der Waals surface area (Å²) in [6, 6.07) is 0. The van der Waals surface area contributed by atoms with E-state index in [1.54, 1.807) is 0 Å². The summed E-state index contributed by atoms with van der Waals surface area (Å²) in [6.45, 7) is 14.2. The van der Waals surface area contributed by atoms with Crippen LogP contribution in [0, 0.1) is 19.8 Å². The van der Waals surface area contributed by atoms with E-state index >= 15 is 0 Å². The molecule has 1 aliphatic carbocycles. The molecule has 0 aromatic carbocycles. The number of nitrogens with zero attached hydrogens (tertiary/aromatic N) is 2. The van der Waals surface area contributed by atoms with E-state index in [1.165, 1.54) is 36.2 Å². The van der Waals surface area contributed by atoms with Gasteiger partial charge in [-0.3, -0.25) is 0 Å². The lowest BCUT2D eigenvalue weighted by atomic mass is 10.0. The van der Waals surface area contributed by atoms with E-state index in [1.807, 2.05) is 0 Å². The van der Waals surface area contributed by atoms with Gasteiger partial charge in [0.05, 0.1) is 0 Å². The molecule has 118 valence electrons. The van der Waals surface area contributed by atoms with Gasteiger partial charge < -0.3 is 5.32 Å². The van der Waals surface area contributed by atoms with Crippen molar-refractivity contribution in [3.63, 3.8) is 0 Å². The van der Waals surface area contributed by atoms with Crippen molar-refractivity contribution < 1.29 is 0 Å². The van der Waals surface area contributed by atoms with Crippen LogP contribution in [-0.4, -0.2) is 22.1 Å². The Hall–Kier alpha value is -0.960. The van der Waals surface area contributed by atoms with Gasteiger partial charge in [-0.2, -0.15) is 0 Å². The van der Waals surface area contributed by atoms with Gasteiger partial charge in [0.25, 0.3) is 0 Å². The Morgan fingerprint density at radius 2 is 1.71 bits per heavy atom. The highest BCUT2D eigenvalue weighted by Crippen LogP contribution is 2.36. The molecular weight excluding hydrogens is 258 g/mol. The van der Waals surface area contributed by atoms with Gasteiger partial charge in [0, 0.05) is 22.8 Å². The van der Waals surface area contributed by atoms with Gasteiger partial charge in [-0.05, 0) is 78.3 Å². The molecule has 3 heteroatoms. The Kier molecular flexibility index (Phi) is 5.03. The summed E-state index contributed by atoms with van der Waals surface area (Å²) in [5, 5.41) is 3.54. The Balaban J connectivity index is 2.07. The average molecular weight is 289 g/mol. The maximum absolute atomic E-state index is 4.83. The molecule has 0 spiro atoms. The number of rotatable bonds is 4. The van der Waals surface area contributed by atoms with Crippen LogP contribution < -0.4 is 5.32 Å². The lowest BCUT2D eigenvalue weighted by molar-refractivity contribution is 0.428. The molecule has 0 aliphatic heterocycles. The molecule has 1 aromatic rings. The minimum absolute atomic E-state index is 0.169. The summed E-state index contributed by atoms with van der Waals surface area (Å²) >= 11 is 0. The largest absolute Gasteiger partial charge is 0.312 e. The number of aromatic nitrogens is 2. The molecule has 0 amide bonds. The van der Waals surface area contributed by atoms with E-state index in [0.29, 0.717) is 5.92 Å². The normalized spacial score (nSPS) is 22.8. The predicted molar refractivity (Wildman–Crippen MR) is 88.7 cm³/mol. The summed E-state index contributed by atoms with van der Waals surface area (Å²) in [5.41, 5.74) is 3.84. The topological polar surface area (TPSA) is 37.8 Å². The number of hydrogen-bond acceptors (Lipinski definition) is 3. The van der Waals surface area contributed by atoms with Crippen LogP contribution in [0.5, 0.6) is 0 Å². The zero-order valence-corrected chi connectivity index (χ0v) is 14.6. The quantitative estimate of drug-likeness (QED) is 0.912. The first kappa shape index (κ1) is 16.4. The molecule has 1 saturated carbocycles. The zero-order valence-electron chi connectivity index (χ0n) is 14.6. The first-order chi connectivity index (χ1) is 9.76.